The van der Waals surface area contributed by atoms with Gasteiger partial charge in [-0.3, -0.25) is 4.99 Å². The zero-order chi connectivity index (χ0) is 31.1. The molecule has 2 heterocycles. The lowest BCUT2D eigenvalue weighted by Gasteiger charge is -2.35. The van der Waals surface area contributed by atoms with Gasteiger partial charge in [0, 0.05) is 36.2 Å². The van der Waals surface area contributed by atoms with Crippen LogP contribution in [0.15, 0.2) is 93.5 Å². The van der Waals surface area contributed by atoms with Gasteiger partial charge in [0.05, 0.1) is 28.0 Å². The van der Waals surface area contributed by atoms with E-state index in [0.717, 1.165) is 46.3 Å². The number of alkyl carbamates (subject to hydrolysis) is 1. The Labute approximate surface area is 263 Å². The lowest BCUT2D eigenvalue weighted by molar-refractivity contribution is 0.137. The van der Waals surface area contributed by atoms with Crippen molar-refractivity contribution >= 4 is 39.3 Å². The van der Waals surface area contributed by atoms with Crippen LogP contribution in [0.1, 0.15) is 38.7 Å². The van der Waals surface area contributed by atoms with E-state index in [1.54, 1.807) is 6.08 Å². The number of imidazole rings is 1. The van der Waals surface area contributed by atoms with Gasteiger partial charge >= 0.3 is 6.09 Å². The van der Waals surface area contributed by atoms with Crippen LogP contribution >= 0.6 is 0 Å². The van der Waals surface area contributed by atoms with Crippen LogP contribution in [-0.2, 0) is 21.4 Å². The van der Waals surface area contributed by atoms with Gasteiger partial charge in [0.2, 0.25) is 16.0 Å². The second-order valence-electron chi connectivity index (χ2n) is 12.7. The molecule has 11 heteroatoms. The van der Waals surface area contributed by atoms with E-state index in [1.165, 1.54) is 0 Å². The van der Waals surface area contributed by atoms with E-state index in [2.05, 4.69) is 26.4 Å². The summed E-state index contributed by atoms with van der Waals surface area (Å²) in [5, 5.41) is 6.61. The molecule has 7 rings (SSSR count). The summed E-state index contributed by atoms with van der Waals surface area (Å²) < 4.78 is 36.1. The largest absolute Gasteiger partial charge is 0.445 e. The van der Waals surface area contributed by atoms with Gasteiger partial charge in [0.25, 0.3) is 0 Å². The topological polar surface area (TPSA) is 138 Å². The Morgan fingerprint density at radius 1 is 1.04 bits per heavy atom. The van der Waals surface area contributed by atoms with Crippen LogP contribution in [0.4, 0.5) is 10.7 Å². The highest BCUT2D eigenvalue weighted by Gasteiger charge is 2.47. The number of ether oxygens (including phenoxy) is 1. The number of nitrogens with zero attached hydrogens (tertiary/aromatic N) is 2. The number of nitrogens with one attached hydrogen (secondary N) is 4. The SMILES string of the molecule is CC(C)CNS(=O)(=O)C1=CC2=C(C3C=NC(C4CC4)=CC13)[C@@H](Nc1nc3ccccc3[nH]1)C[C@@H]2NC(=O)OCc1ccccc1. The molecule has 0 saturated heterocycles. The molecule has 10 nitrogen and oxygen atoms in total. The molecule has 0 spiro atoms. The highest BCUT2D eigenvalue weighted by Crippen LogP contribution is 2.49. The minimum absolute atomic E-state index is 0.132. The number of fused-ring (bicyclic) bond motifs is 3. The van der Waals surface area contributed by atoms with Crippen molar-refractivity contribution in [2.45, 2.75) is 51.8 Å². The summed E-state index contributed by atoms with van der Waals surface area (Å²) in [6.45, 7) is 4.42. The molecule has 4 N–H and O–H groups in total. The first kappa shape index (κ1) is 29.5. The van der Waals surface area contributed by atoms with Crippen molar-refractivity contribution in [3.63, 3.8) is 0 Å². The van der Waals surface area contributed by atoms with Crippen molar-refractivity contribution in [2.75, 3.05) is 11.9 Å². The molecule has 0 radical (unpaired) electrons. The Hall–Kier alpha value is -4.22. The van der Waals surface area contributed by atoms with Crippen LogP contribution in [0, 0.1) is 23.7 Å². The van der Waals surface area contributed by atoms with Crippen molar-refractivity contribution in [2.24, 2.45) is 28.7 Å². The molecule has 45 heavy (non-hydrogen) atoms. The van der Waals surface area contributed by atoms with Crippen molar-refractivity contribution in [3.05, 3.63) is 94.1 Å². The average molecular weight is 627 g/mol. The maximum Gasteiger partial charge on any atom is 0.407 e. The standard InChI is InChI=1S/C34H38N6O4S/c1-20(2)17-36-45(42,43)31-15-24-29(40-34(41)44-19-21-8-4-3-5-9-21)16-30(39-33-37-26-10-6-7-11-27(26)38-33)32(24)25-18-35-28(14-23(25)31)22-12-13-22/h3-11,14-15,18,20,22-23,25,29-30,36H,12-13,16-17,19H2,1-2H3,(H,40,41)(H2,37,38,39)/t23?,25?,29-,30-/m0/s1. The van der Waals surface area contributed by atoms with Gasteiger partial charge in [-0.15, -0.1) is 0 Å². The number of rotatable bonds is 10. The molecular weight excluding hydrogens is 588 g/mol. The maximum atomic E-state index is 13.9. The third-order valence-corrected chi connectivity index (χ3v) is 10.4. The Morgan fingerprint density at radius 2 is 1.82 bits per heavy atom. The number of carbonyl (C=O) groups is 1. The molecule has 3 aromatic rings. The molecule has 0 bridgehead atoms. The minimum Gasteiger partial charge on any atom is -0.445 e. The number of benzene rings is 2. The number of allylic oxidation sites excluding steroid dienone is 3. The second-order valence-corrected chi connectivity index (χ2v) is 14.5. The van der Waals surface area contributed by atoms with Crippen LogP contribution in [0.3, 0.4) is 0 Å². The highest BCUT2D eigenvalue weighted by molar-refractivity contribution is 7.93. The molecule has 1 fully saturated rings. The third-order valence-electron chi connectivity index (χ3n) is 8.86. The predicted molar refractivity (Wildman–Crippen MR) is 175 cm³/mol. The molecule has 2 unspecified atom stereocenters. The average Bonchev–Trinajstić information content (AvgIpc) is 3.72. The number of H-pyrrole nitrogens is 1. The van der Waals surface area contributed by atoms with E-state index in [4.69, 9.17) is 14.7 Å². The first-order valence-corrected chi connectivity index (χ1v) is 17.1. The van der Waals surface area contributed by atoms with Crippen LogP contribution < -0.4 is 15.4 Å². The van der Waals surface area contributed by atoms with E-state index in [9.17, 15) is 13.2 Å². The summed E-state index contributed by atoms with van der Waals surface area (Å²) in [5.41, 5.74) is 5.36. The number of para-hydroxylation sites is 2. The molecular formula is C34H38N6O4S. The number of aliphatic imine (C=N–C) groups is 1. The van der Waals surface area contributed by atoms with E-state index in [0.29, 0.717) is 29.7 Å². The fourth-order valence-electron chi connectivity index (χ4n) is 6.48. The number of aromatic amines is 1. The molecule has 3 aliphatic carbocycles. The Bertz CT molecular complexity index is 1800. The number of hydrogen-bond acceptors (Lipinski definition) is 7. The van der Waals surface area contributed by atoms with Crippen molar-refractivity contribution < 1.29 is 17.9 Å². The molecule has 4 atom stereocenters. The molecule has 2 aromatic carbocycles. The molecule has 1 saturated carbocycles. The second kappa shape index (κ2) is 11.9. The quantitative estimate of drug-likeness (QED) is 0.237. The predicted octanol–water partition coefficient (Wildman–Crippen LogP) is 5.42. The number of anilines is 1. The van der Waals surface area contributed by atoms with E-state index in [1.807, 2.05) is 74.7 Å². The normalized spacial score (nSPS) is 24.2. The monoisotopic (exact) mass is 626 g/mol. The molecule has 234 valence electrons. The molecule has 1 aliphatic heterocycles. The van der Waals surface area contributed by atoms with Gasteiger partial charge in [0.15, 0.2) is 0 Å². The highest BCUT2D eigenvalue weighted by atomic mass is 32.2. The fourth-order valence-corrected chi connectivity index (χ4v) is 8.05. The van der Waals surface area contributed by atoms with E-state index < -0.39 is 28.1 Å². The number of amides is 1. The third kappa shape index (κ3) is 6.19. The summed E-state index contributed by atoms with van der Waals surface area (Å²) in [7, 11) is -3.82. The zero-order valence-electron chi connectivity index (χ0n) is 25.4. The summed E-state index contributed by atoms with van der Waals surface area (Å²) in [4.78, 5) is 26.4. The van der Waals surface area contributed by atoms with Crippen LogP contribution in [0.5, 0.6) is 0 Å². The van der Waals surface area contributed by atoms with Crippen LogP contribution in [0.25, 0.3) is 11.0 Å². The van der Waals surface area contributed by atoms with Gasteiger partial charge < -0.3 is 20.4 Å². The van der Waals surface area contributed by atoms with Crippen molar-refractivity contribution in [1.82, 2.24) is 20.0 Å². The molecule has 4 aliphatic rings. The van der Waals surface area contributed by atoms with Crippen molar-refractivity contribution in [3.8, 4) is 0 Å². The first-order chi connectivity index (χ1) is 21.7. The van der Waals surface area contributed by atoms with Crippen molar-refractivity contribution in [1.29, 1.82) is 0 Å². The summed E-state index contributed by atoms with van der Waals surface area (Å²) >= 11 is 0. The lowest BCUT2D eigenvalue weighted by Crippen LogP contribution is -2.38. The number of hydrogen-bond donors (Lipinski definition) is 4. The Morgan fingerprint density at radius 3 is 2.58 bits per heavy atom. The molecule has 1 amide bonds. The maximum absolute atomic E-state index is 13.9. The Balaban J connectivity index is 1.24. The van der Waals surface area contributed by atoms with Gasteiger partial charge in [-0.1, -0.05) is 62.4 Å². The van der Waals surface area contributed by atoms with E-state index in [-0.39, 0.29) is 24.5 Å². The lowest BCUT2D eigenvalue weighted by atomic mass is 9.77. The summed E-state index contributed by atoms with van der Waals surface area (Å²) in [6, 6.07) is 16.6. The first-order valence-electron chi connectivity index (χ1n) is 15.6. The fraction of sp³-hybridized carbons (Fsp3) is 0.382. The minimum atomic E-state index is -3.82. The van der Waals surface area contributed by atoms with Gasteiger partial charge in [-0.25, -0.2) is 22.9 Å². The van der Waals surface area contributed by atoms with E-state index >= 15 is 0 Å². The zero-order valence-corrected chi connectivity index (χ0v) is 26.2. The Kier molecular flexibility index (Phi) is 7.83. The number of sulfonamides is 1. The van der Waals surface area contributed by atoms with Crippen LogP contribution in [-0.4, -0.2) is 49.3 Å². The van der Waals surface area contributed by atoms with Crippen LogP contribution in [0.2, 0.25) is 0 Å². The van der Waals surface area contributed by atoms with Gasteiger partial charge in [-0.05, 0) is 60.1 Å². The van der Waals surface area contributed by atoms with Gasteiger partial charge in [0.1, 0.15) is 6.61 Å². The number of aromatic nitrogens is 2. The van der Waals surface area contributed by atoms with Gasteiger partial charge in [-0.2, -0.15) is 0 Å². The summed E-state index contributed by atoms with van der Waals surface area (Å²) in [6.07, 6.45) is 7.81. The number of carbonyl (C=O) groups excluding carboxylic acids is 1. The summed E-state index contributed by atoms with van der Waals surface area (Å²) in [5.74, 6) is 0.446. The molecule has 1 aromatic heterocycles. The smallest absolute Gasteiger partial charge is 0.407 e.